The highest BCUT2D eigenvalue weighted by Gasteiger charge is 2.09. The van der Waals surface area contributed by atoms with Crippen molar-refractivity contribution in [3.05, 3.63) is 22.2 Å². The Kier molecular flexibility index (Phi) is 6.86. The number of nitrogens with two attached hydrogens (primary N) is 1. The van der Waals surface area contributed by atoms with Gasteiger partial charge in [-0.15, -0.1) is 0 Å². The fourth-order valence-electron chi connectivity index (χ4n) is 1.41. The lowest BCUT2D eigenvalue weighted by molar-refractivity contribution is 0.249. The van der Waals surface area contributed by atoms with E-state index in [1.807, 2.05) is 0 Å². The quantitative estimate of drug-likeness (QED) is 0.453. The van der Waals surface area contributed by atoms with Gasteiger partial charge in [0, 0.05) is 10.0 Å². The van der Waals surface area contributed by atoms with Crippen molar-refractivity contribution >= 4 is 28.2 Å². The molecule has 0 spiro atoms. The molecule has 0 saturated carbocycles. The lowest BCUT2D eigenvalue weighted by Gasteiger charge is -2.12. The van der Waals surface area contributed by atoms with Crippen LogP contribution in [0, 0.1) is 0 Å². The second kappa shape index (κ2) is 8.42. The van der Waals surface area contributed by atoms with Gasteiger partial charge in [0.2, 0.25) is 0 Å². The van der Waals surface area contributed by atoms with Crippen molar-refractivity contribution in [1.82, 2.24) is 5.43 Å². The largest absolute Gasteiger partial charge is 0.493 e. The zero-order valence-electron chi connectivity index (χ0n) is 11.5. The number of methoxy groups -OCH3 is 1. The Morgan fingerprint density at radius 1 is 1.50 bits per heavy atom. The minimum absolute atomic E-state index is 0.602. The summed E-state index contributed by atoms with van der Waals surface area (Å²) in [6, 6.07) is 2.85. The van der Waals surface area contributed by atoms with Crippen molar-refractivity contribution in [3.8, 4) is 11.5 Å². The van der Waals surface area contributed by atoms with Gasteiger partial charge in [0.15, 0.2) is 11.5 Å². The van der Waals surface area contributed by atoms with Crippen LogP contribution in [0.25, 0.3) is 0 Å². The van der Waals surface area contributed by atoms with Crippen molar-refractivity contribution in [2.24, 2.45) is 10.8 Å². The minimum Gasteiger partial charge on any atom is -0.493 e. The number of carbonyl (C=O) groups excluding carboxylic acids is 1. The number of urea groups is 1. The maximum absolute atomic E-state index is 10.5. The number of hydrogen-bond donors (Lipinski definition) is 2. The number of rotatable bonds is 7. The highest BCUT2D eigenvalue weighted by atomic mass is 79.9. The summed E-state index contributed by atoms with van der Waals surface area (Å²) < 4.78 is 11.7. The minimum atomic E-state index is -0.719. The van der Waals surface area contributed by atoms with Crippen molar-refractivity contribution in [3.63, 3.8) is 0 Å². The zero-order chi connectivity index (χ0) is 15.0. The summed E-state index contributed by atoms with van der Waals surface area (Å²) in [5.41, 5.74) is 7.79. The monoisotopic (exact) mass is 343 g/mol. The van der Waals surface area contributed by atoms with Crippen LogP contribution in [-0.2, 0) is 0 Å². The first-order chi connectivity index (χ1) is 9.58. The van der Waals surface area contributed by atoms with Gasteiger partial charge in [-0.3, -0.25) is 0 Å². The predicted molar refractivity (Wildman–Crippen MR) is 81.4 cm³/mol. The van der Waals surface area contributed by atoms with Gasteiger partial charge in [-0.1, -0.05) is 13.3 Å². The Hall–Kier alpha value is -1.76. The molecule has 0 aromatic heterocycles. The van der Waals surface area contributed by atoms with E-state index in [9.17, 15) is 4.79 Å². The van der Waals surface area contributed by atoms with Gasteiger partial charge in [-0.2, -0.15) is 5.10 Å². The fraction of sp³-hybridized carbons (Fsp3) is 0.385. The van der Waals surface area contributed by atoms with E-state index in [0.717, 1.165) is 22.9 Å². The first-order valence-corrected chi connectivity index (χ1v) is 6.96. The number of hydrogen-bond acceptors (Lipinski definition) is 4. The smallest absolute Gasteiger partial charge is 0.332 e. The maximum Gasteiger partial charge on any atom is 0.332 e. The molecule has 0 aliphatic carbocycles. The van der Waals surface area contributed by atoms with Crippen molar-refractivity contribution in [2.45, 2.75) is 19.8 Å². The highest BCUT2D eigenvalue weighted by molar-refractivity contribution is 9.10. The van der Waals surface area contributed by atoms with E-state index >= 15 is 0 Å². The lowest BCUT2D eigenvalue weighted by Crippen LogP contribution is -2.24. The number of hydrazone groups is 1. The van der Waals surface area contributed by atoms with Crippen LogP contribution in [0.2, 0.25) is 0 Å². The Bertz CT molecular complexity index is 492. The summed E-state index contributed by atoms with van der Waals surface area (Å²) >= 11 is 3.42. The van der Waals surface area contributed by atoms with Crippen LogP contribution in [-0.4, -0.2) is 26.0 Å². The molecule has 0 aliphatic rings. The molecule has 1 aromatic rings. The van der Waals surface area contributed by atoms with E-state index in [4.69, 9.17) is 15.2 Å². The van der Waals surface area contributed by atoms with E-state index in [1.54, 1.807) is 19.2 Å². The average molecular weight is 344 g/mol. The summed E-state index contributed by atoms with van der Waals surface area (Å²) in [5.74, 6) is 1.26. The molecule has 0 bridgehead atoms. The van der Waals surface area contributed by atoms with Gasteiger partial charge in [-0.25, -0.2) is 10.2 Å². The molecule has 0 unspecified atom stereocenters. The van der Waals surface area contributed by atoms with E-state index in [1.165, 1.54) is 6.21 Å². The molecule has 1 rings (SSSR count). The van der Waals surface area contributed by atoms with Crippen LogP contribution in [0.4, 0.5) is 4.79 Å². The molecule has 0 radical (unpaired) electrons. The molecule has 0 saturated heterocycles. The van der Waals surface area contributed by atoms with E-state index in [0.29, 0.717) is 18.1 Å². The van der Waals surface area contributed by atoms with Crippen LogP contribution in [0.1, 0.15) is 25.3 Å². The number of halogens is 1. The first-order valence-electron chi connectivity index (χ1n) is 6.17. The standard InChI is InChI=1S/C13H18BrN3O3/c1-3-4-5-20-12-7-10(14)9(6-11(12)19-2)8-16-17-13(15)18/h6-8H,3-5H2,1-2H3,(H3,15,17,18). The van der Waals surface area contributed by atoms with Crippen molar-refractivity contribution in [1.29, 1.82) is 0 Å². The fourth-order valence-corrected chi connectivity index (χ4v) is 1.84. The highest BCUT2D eigenvalue weighted by Crippen LogP contribution is 2.33. The number of benzene rings is 1. The van der Waals surface area contributed by atoms with Gasteiger partial charge < -0.3 is 15.2 Å². The number of carbonyl (C=O) groups is 1. The maximum atomic E-state index is 10.5. The molecule has 110 valence electrons. The van der Waals surface area contributed by atoms with E-state index < -0.39 is 6.03 Å². The number of unbranched alkanes of at least 4 members (excludes halogenated alkanes) is 1. The van der Waals surface area contributed by atoms with Crippen LogP contribution in [0.15, 0.2) is 21.7 Å². The number of nitrogens with one attached hydrogen (secondary N) is 1. The number of nitrogens with zero attached hydrogens (tertiary/aromatic N) is 1. The number of ether oxygens (including phenoxy) is 2. The molecule has 0 heterocycles. The molecule has 6 nitrogen and oxygen atoms in total. The summed E-state index contributed by atoms with van der Waals surface area (Å²) in [4.78, 5) is 10.5. The first kappa shape index (κ1) is 16.3. The van der Waals surface area contributed by atoms with Crippen LogP contribution in [0.3, 0.4) is 0 Å². The second-order valence-corrected chi connectivity index (χ2v) is 4.82. The molecule has 20 heavy (non-hydrogen) atoms. The molecule has 1 aromatic carbocycles. The Morgan fingerprint density at radius 2 is 2.25 bits per heavy atom. The molecule has 3 N–H and O–H groups in total. The predicted octanol–water partition coefficient (Wildman–Crippen LogP) is 2.64. The third kappa shape index (κ3) is 5.08. The van der Waals surface area contributed by atoms with Crippen LogP contribution < -0.4 is 20.6 Å². The van der Waals surface area contributed by atoms with E-state index in [-0.39, 0.29) is 0 Å². The third-order valence-electron chi connectivity index (χ3n) is 2.42. The lowest BCUT2D eigenvalue weighted by atomic mass is 10.2. The molecule has 2 amide bonds. The van der Waals surface area contributed by atoms with Crippen LogP contribution >= 0.6 is 15.9 Å². The average Bonchev–Trinajstić information content (AvgIpc) is 2.41. The second-order valence-electron chi connectivity index (χ2n) is 3.96. The van der Waals surface area contributed by atoms with Gasteiger partial charge in [0.1, 0.15) is 0 Å². The summed E-state index contributed by atoms with van der Waals surface area (Å²) in [6.45, 7) is 2.73. The third-order valence-corrected chi connectivity index (χ3v) is 3.10. The summed E-state index contributed by atoms with van der Waals surface area (Å²) in [5, 5.41) is 3.71. The normalized spacial score (nSPS) is 10.6. The van der Waals surface area contributed by atoms with Gasteiger partial charge in [0.05, 0.1) is 19.9 Å². The Morgan fingerprint density at radius 3 is 2.85 bits per heavy atom. The SMILES string of the molecule is CCCCOc1cc(Br)c(C=NNC(N)=O)cc1OC. The van der Waals surface area contributed by atoms with Crippen molar-refractivity contribution in [2.75, 3.05) is 13.7 Å². The van der Waals surface area contributed by atoms with Crippen LogP contribution in [0.5, 0.6) is 11.5 Å². The Labute approximate surface area is 126 Å². The van der Waals surface area contributed by atoms with Gasteiger partial charge in [0.25, 0.3) is 0 Å². The Balaban J connectivity index is 2.88. The topological polar surface area (TPSA) is 85.9 Å². The zero-order valence-corrected chi connectivity index (χ0v) is 13.1. The van der Waals surface area contributed by atoms with E-state index in [2.05, 4.69) is 33.4 Å². The van der Waals surface area contributed by atoms with Crippen molar-refractivity contribution < 1.29 is 14.3 Å². The van der Waals surface area contributed by atoms with Gasteiger partial charge in [-0.05, 0) is 34.5 Å². The molecular weight excluding hydrogens is 326 g/mol. The summed E-state index contributed by atoms with van der Waals surface area (Å²) in [6.07, 6.45) is 3.51. The molecule has 0 fully saturated rings. The number of primary amides is 1. The van der Waals surface area contributed by atoms with Gasteiger partial charge >= 0.3 is 6.03 Å². The molecule has 7 heteroatoms. The molecule has 0 aliphatic heterocycles. The number of amides is 2. The molecular formula is C13H18BrN3O3. The molecule has 0 atom stereocenters. The summed E-state index contributed by atoms with van der Waals surface area (Å²) in [7, 11) is 1.57.